The maximum atomic E-state index is 11.4. The summed E-state index contributed by atoms with van der Waals surface area (Å²) in [6.45, 7) is 1.86. The highest BCUT2D eigenvalue weighted by atomic mass is 16.2. The zero-order valence-electron chi connectivity index (χ0n) is 8.16. The Morgan fingerprint density at radius 2 is 2.14 bits per heavy atom. The highest BCUT2D eigenvalue weighted by Gasteiger charge is 2.11. The van der Waals surface area contributed by atoms with Gasteiger partial charge in [-0.25, -0.2) is 0 Å². The number of nitrogens with one attached hydrogen (secondary N) is 1. The Hall–Kier alpha value is -1.55. The van der Waals surface area contributed by atoms with E-state index in [2.05, 4.69) is 5.32 Å². The van der Waals surface area contributed by atoms with Gasteiger partial charge in [0.15, 0.2) is 0 Å². The molecule has 1 amide bonds. The molecule has 4 nitrogen and oxygen atoms in total. The molecule has 1 atom stereocenters. The number of hydrogen-bond donors (Lipinski definition) is 3. The summed E-state index contributed by atoms with van der Waals surface area (Å²) in [7, 11) is 0. The Morgan fingerprint density at radius 1 is 1.50 bits per heavy atom. The topological polar surface area (TPSA) is 81.1 Å². The van der Waals surface area contributed by atoms with Gasteiger partial charge in [0.05, 0.1) is 17.4 Å². The van der Waals surface area contributed by atoms with E-state index >= 15 is 0 Å². The number of carbonyl (C=O) groups excluding carboxylic acids is 1. The average molecular weight is 193 g/mol. The maximum absolute atomic E-state index is 11.4. The van der Waals surface area contributed by atoms with E-state index in [1.54, 1.807) is 12.1 Å². The SMILES string of the molecule is CCC(N)C(=O)Nc1ccccc1N. The predicted octanol–water partition coefficient (Wildman–Crippen LogP) is 0.945. The number of amides is 1. The largest absolute Gasteiger partial charge is 0.397 e. The Bertz CT molecular complexity index is 325. The van der Waals surface area contributed by atoms with Crippen molar-refractivity contribution in [2.75, 3.05) is 11.1 Å². The number of anilines is 2. The smallest absolute Gasteiger partial charge is 0.241 e. The van der Waals surface area contributed by atoms with Crippen LogP contribution in [0.4, 0.5) is 11.4 Å². The molecule has 76 valence electrons. The zero-order chi connectivity index (χ0) is 10.6. The van der Waals surface area contributed by atoms with Crippen molar-refractivity contribution in [2.45, 2.75) is 19.4 Å². The molecule has 1 rings (SSSR count). The molecule has 4 heteroatoms. The van der Waals surface area contributed by atoms with E-state index in [1.807, 2.05) is 19.1 Å². The fraction of sp³-hybridized carbons (Fsp3) is 0.300. The van der Waals surface area contributed by atoms with Crippen LogP contribution in [0.2, 0.25) is 0 Å². The fourth-order valence-corrected chi connectivity index (χ4v) is 1.02. The van der Waals surface area contributed by atoms with Crippen LogP contribution in [0.15, 0.2) is 24.3 Å². The third-order valence-corrected chi connectivity index (χ3v) is 2.00. The molecule has 0 radical (unpaired) electrons. The van der Waals surface area contributed by atoms with Crippen molar-refractivity contribution in [3.05, 3.63) is 24.3 Å². The molecular formula is C10H15N3O. The minimum absolute atomic E-state index is 0.203. The number of nitrogen functional groups attached to an aromatic ring is 1. The molecule has 0 saturated carbocycles. The predicted molar refractivity (Wildman–Crippen MR) is 57.8 cm³/mol. The lowest BCUT2D eigenvalue weighted by Crippen LogP contribution is -2.34. The van der Waals surface area contributed by atoms with E-state index in [1.165, 1.54) is 0 Å². The van der Waals surface area contributed by atoms with Crippen LogP contribution >= 0.6 is 0 Å². The van der Waals surface area contributed by atoms with Gasteiger partial charge in [0.2, 0.25) is 5.91 Å². The lowest BCUT2D eigenvalue weighted by Gasteiger charge is -2.11. The van der Waals surface area contributed by atoms with Crippen LogP contribution in [0.1, 0.15) is 13.3 Å². The summed E-state index contributed by atoms with van der Waals surface area (Å²) in [6, 6.07) is 6.62. The van der Waals surface area contributed by atoms with Crippen LogP contribution in [0, 0.1) is 0 Å². The normalized spacial score (nSPS) is 12.1. The maximum Gasteiger partial charge on any atom is 0.241 e. The van der Waals surface area contributed by atoms with Gasteiger partial charge in [-0.1, -0.05) is 19.1 Å². The molecule has 0 heterocycles. The van der Waals surface area contributed by atoms with Crippen LogP contribution < -0.4 is 16.8 Å². The minimum atomic E-state index is -0.477. The number of nitrogens with two attached hydrogens (primary N) is 2. The molecule has 1 aromatic carbocycles. The molecule has 0 aliphatic carbocycles. The zero-order valence-corrected chi connectivity index (χ0v) is 8.16. The summed E-state index contributed by atoms with van der Waals surface area (Å²) < 4.78 is 0. The van der Waals surface area contributed by atoms with Crippen LogP contribution in [-0.2, 0) is 4.79 Å². The molecule has 0 aromatic heterocycles. The Balaban J connectivity index is 2.70. The van der Waals surface area contributed by atoms with E-state index < -0.39 is 6.04 Å². The van der Waals surface area contributed by atoms with Gasteiger partial charge in [-0.3, -0.25) is 4.79 Å². The van der Waals surface area contributed by atoms with Crippen LogP contribution in [-0.4, -0.2) is 11.9 Å². The summed E-state index contributed by atoms with van der Waals surface area (Å²) in [5, 5.41) is 2.67. The Kier molecular flexibility index (Phi) is 3.48. The second kappa shape index (κ2) is 4.62. The first-order valence-corrected chi connectivity index (χ1v) is 4.56. The monoisotopic (exact) mass is 193 g/mol. The molecule has 1 unspecified atom stereocenters. The van der Waals surface area contributed by atoms with Gasteiger partial charge in [-0.2, -0.15) is 0 Å². The molecule has 0 bridgehead atoms. The van der Waals surface area contributed by atoms with Gasteiger partial charge in [-0.15, -0.1) is 0 Å². The second-order valence-corrected chi connectivity index (χ2v) is 3.09. The molecule has 5 N–H and O–H groups in total. The quantitative estimate of drug-likeness (QED) is 0.625. The summed E-state index contributed by atoms with van der Waals surface area (Å²) in [5.74, 6) is -0.203. The van der Waals surface area contributed by atoms with Gasteiger partial charge in [-0.05, 0) is 18.6 Å². The van der Waals surface area contributed by atoms with Gasteiger partial charge >= 0.3 is 0 Å². The second-order valence-electron chi connectivity index (χ2n) is 3.09. The molecular weight excluding hydrogens is 178 g/mol. The van der Waals surface area contributed by atoms with Gasteiger partial charge < -0.3 is 16.8 Å². The van der Waals surface area contributed by atoms with Crippen molar-refractivity contribution in [1.82, 2.24) is 0 Å². The van der Waals surface area contributed by atoms with Crippen LogP contribution in [0.25, 0.3) is 0 Å². The summed E-state index contributed by atoms with van der Waals surface area (Å²) in [6.07, 6.45) is 0.610. The van der Waals surface area contributed by atoms with Gasteiger partial charge in [0.1, 0.15) is 0 Å². The number of carbonyl (C=O) groups is 1. The number of para-hydroxylation sites is 2. The van der Waals surface area contributed by atoms with E-state index in [4.69, 9.17) is 11.5 Å². The van der Waals surface area contributed by atoms with E-state index in [-0.39, 0.29) is 5.91 Å². The van der Waals surface area contributed by atoms with Crippen molar-refractivity contribution in [1.29, 1.82) is 0 Å². The minimum Gasteiger partial charge on any atom is -0.397 e. The van der Waals surface area contributed by atoms with E-state index in [9.17, 15) is 4.79 Å². The van der Waals surface area contributed by atoms with Crippen molar-refractivity contribution in [2.24, 2.45) is 5.73 Å². The lowest BCUT2D eigenvalue weighted by atomic mass is 10.2. The molecule has 0 fully saturated rings. The molecule has 0 aliphatic rings. The van der Waals surface area contributed by atoms with Crippen molar-refractivity contribution < 1.29 is 4.79 Å². The summed E-state index contributed by atoms with van der Waals surface area (Å²) >= 11 is 0. The molecule has 14 heavy (non-hydrogen) atoms. The molecule has 0 spiro atoms. The standard InChI is InChI=1S/C10H15N3O/c1-2-7(11)10(14)13-9-6-4-3-5-8(9)12/h3-7H,2,11-12H2,1H3,(H,13,14). The van der Waals surface area contributed by atoms with Crippen molar-refractivity contribution >= 4 is 17.3 Å². The molecule has 1 aromatic rings. The van der Waals surface area contributed by atoms with Gasteiger partial charge in [0.25, 0.3) is 0 Å². The van der Waals surface area contributed by atoms with E-state index in [0.717, 1.165) is 0 Å². The number of hydrogen-bond acceptors (Lipinski definition) is 3. The Labute approximate surface area is 83.3 Å². The van der Waals surface area contributed by atoms with Crippen molar-refractivity contribution in [3.63, 3.8) is 0 Å². The highest BCUT2D eigenvalue weighted by Crippen LogP contribution is 2.16. The lowest BCUT2D eigenvalue weighted by molar-refractivity contribution is -0.117. The van der Waals surface area contributed by atoms with E-state index in [0.29, 0.717) is 17.8 Å². The number of rotatable bonds is 3. The fourth-order valence-electron chi connectivity index (χ4n) is 1.02. The van der Waals surface area contributed by atoms with Crippen LogP contribution in [0.3, 0.4) is 0 Å². The van der Waals surface area contributed by atoms with Crippen molar-refractivity contribution in [3.8, 4) is 0 Å². The third-order valence-electron chi connectivity index (χ3n) is 2.00. The Morgan fingerprint density at radius 3 is 2.71 bits per heavy atom. The molecule has 0 saturated heterocycles. The first kappa shape index (κ1) is 10.5. The first-order chi connectivity index (χ1) is 6.65. The van der Waals surface area contributed by atoms with Gasteiger partial charge in [0, 0.05) is 0 Å². The third kappa shape index (κ3) is 2.47. The van der Waals surface area contributed by atoms with Crippen LogP contribution in [0.5, 0.6) is 0 Å². The summed E-state index contributed by atoms with van der Waals surface area (Å²) in [4.78, 5) is 11.4. The average Bonchev–Trinajstić information content (AvgIpc) is 2.20. The first-order valence-electron chi connectivity index (χ1n) is 4.56. The highest BCUT2D eigenvalue weighted by molar-refractivity contribution is 5.97. The molecule has 0 aliphatic heterocycles. The summed E-state index contributed by atoms with van der Waals surface area (Å²) in [5.41, 5.74) is 12.4. The number of benzene rings is 1.